The van der Waals surface area contributed by atoms with Crippen LogP contribution in [0, 0.1) is 0 Å². The molecule has 1 unspecified atom stereocenters. The lowest BCUT2D eigenvalue weighted by Crippen LogP contribution is -1.92. The van der Waals surface area contributed by atoms with Crippen LogP contribution in [0.25, 0.3) is 0 Å². The second-order valence-corrected chi connectivity index (χ2v) is 2.65. The molecule has 0 spiro atoms. The molecule has 0 fully saturated rings. The lowest BCUT2D eigenvalue weighted by Gasteiger charge is -2.03. The molecule has 1 heterocycles. The minimum atomic E-state index is -0.992. The molecule has 3 heteroatoms. The highest BCUT2D eigenvalue weighted by Gasteiger charge is 2.07. The van der Waals surface area contributed by atoms with Gasteiger partial charge in [0.25, 0.3) is 0 Å². The van der Waals surface area contributed by atoms with E-state index < -0.39 is 6.17 Å². The molecule has 0 aliphatic rings. The lowest BCUT2D eigenvalue weighted by molar-refractivity contribution is 0.327. The Morgan fingerprint density at radius 3 is 2.91 bits per heavy atom. The van der Waals surface area contributed by atoms with Crippen LogP contribution >= 0.6 is 11.6 Å². The zero-order chi connectivity index (χ0) is 8.27. The molecule has 0 aromatic carbocycles. The second-order valence-electron chi connectivity index (χ2n) is 2.26. The predicted octanol–water partition coefficient (Wildman–Crippen LogP) is 3.16. The topological polar surface area (TPSA) is 12.9 Å². The number of aromatic nitrogens is 1. The normalized spacial score (nSPS) is 13.0. The molecule has 0 amide bonds. The maximum atomic E-state index is 12.9. The highest BCUT2D eigenvalue weighted by Crippen LogP contribution is 2.19. The fourth-order valence-corrected chi connectivity index (χ4v) is 0.978. The Balaban J connectivity index is 2.86. The molecule has 0 radical (unpaired) electrons. The zero-order valence-electron chi connectivity index (χ0n) is 6.22. The van der Waals surface area contributed by atoms with Gasteiger partial charge in [-0.2, -0.15) is 0 Å². The summed E-state index contributed by atoms with van der Waals surface area (Å²) in [5, 5.41) is 0.346. The van der Waals surface area contributed by atoms with E-state index in [4.69, 9.17) is 11.6 Å². The number of rotatable bonds is 2. The monoisotopic (exact) mass is 173 g/mol. The summed E-state index contributed by atoms with van der Waals surface area (Å²) in [6.45, 7) is 1.77. The number of hydrogen-bond acceptors (Lipinski definition) is 1. The van der Waals surface area contributed by atoms with Crippen molar-refractivity contribution in [1.29, 1.82) is 0 Å². The second kappa shape index (κ2) is 3.67. The molecule has 1 rings (SSSR count). The van der Waals surface area contributed by atoms with Crippen molar-refractivity contribution in [3.05, 3.63) is 29.0 Å². The van der Waals surface area contributed by atoms with E-state index in [9.17, 15) is 4.39 Å². The molecule has 0 N–H and O–H groups in total. The standard InChI is InChI=1S/C8H9ClFN/c1-2-6(10)7-4-3-5-8(9)11-7/h3-6H,2H2,1H3. The van der Waals surface area contributed by atoms with E-state index in [0.29, 0.717) is 17.3 Å². The van der Waals surface area contributed by atoms with Gasteiger partial charge in [-0.15, -0.1) is 0 Å². The van der Waals surface area contributed by atoms with Crippen molar-refractivity contribution in [1.82, 2.24) is 4.98 Å². The van der Waals surface area contributed by atoms with Crippen molar-refractivity contribution in [2.45, 2.75) is 19.5 Å². The van der Waals surface area contributed by atoms with E-state index in [2.05, 4.69) is 4.98 Å². The molecule has 0 saturated carbocycles. The number of alkyl halides is 1. The summed E-state index contributed by atoms with van der Waals surface area (Å²) >= 11 is 5.57. The summed E-state index contributed by atoms with van der Waals surface area (Å²) in [6, 6.07) is 4.97. The number of hydrogen-bond donors (Lipinski definition) is 0. The van der Waals surface area contributed by atoms with Crippen LogP contribution < -0.4 is 0 Å². The molecule has 1 atom stereocenters. The van der Waals surface area contributed by atoms with Crippen LogP contribution in [0.3, 0.4) is 0 Å². The summed E-state index contributed by atoms with van der Waals surface area (Å²) in [5.41, 5.74) is 0.417. The van der Waals surface area contributed by atoms with Crippen LogP contribution in [0.5, 0.6) is 0 Å². The Morgan fingerprint density at radius 1 is 1.64 bits per heavy atom. The molecule has 60 valence electrons. The molecule has 0 bridgehead atoms. The van der Waals surface area contributed by atoms with Gasteiger partial charge >= 0.3 is 0 Å². The van der Waals surface area contributed by atoms with Crippen molar-refractivity contribution >= 4 is 11.6 Å². The average Bonchev–Trinajstić information content (AvgIpc) is 2.03. The molecular weight excluding hydrogens is 165 g/mol. The van der Waals surface area contributed by atoms with Crippen LogP contribution in [0.1, 0.15) is 25.2 Å². The van der Waals surface area contributed by atoms with Gasteiger partial charge < -0.3 is 0 Å². The van der Waals surface area contributed by atoms with Gasteiger partial charge in [0.2, 0.25) is 0 Å². The fourth-order valence-electron chi connectivity index (χ4n) is 0.808. The number of nitrogens with zero attached hydrogens (tertiary/aromatic N) is 1. The quantitative estimate of drug-likeness (QED) is 0.626. The van der Waals surface area contributed by atoms with E-state index in [-0.39, 0.29) is 0 Å². The van der Waals surface area contributed by atoms with Gasteiger partial charge in [0, 0.05) is 0 Å². The Hall–Kier alpha value is -0.630. The highest BCUT2D eigenvalue weighted by molar-refractivity contribution is 6.29. The van der Waals surface area contributed by atoms with Gasteiger partial charge in [-0.25, -0.2) is 9.37 Å². The van der Waals surface area contributed by atoms with E-state index in [0.717, 1.165) is 0 Å². The SMILES string of the molecule is CCC(F)c1cccc(Cl)n1. The Morgan fingerprint density at radius 2 is 2.36 bits per heavy atom. The molecule has 11 heavy (non-hydrogen) atoms. The molecule has 0 saturated heterocycles. The summed E-state index contributed by atoms with van der Waals surface area (Å²) in [4.78, 5) is 3.83. The van der Waals surface area contributed by atoms with Crippen LogP contribution in [0.2, 0.25) is 5.15 Å². The zero-order valence-corrected chi connectivity index (χ0v) is 6.98. The van der Waals surface area contributed by atoms with Crippen LogP contribution in [-0.2, 0) is 0 Å². The van der Waals surface area contributed by atoms with Crippen molar-refractivity contribution in [3.8, 4) is 0 Å². The maximum Gasteiger partial charge on any atom is 0.142 e. The Kier molecular flexibility index (Phi) is 2.83. The Bertz CT molecular complexity index is 239. The van der Waals surface area contributed by atoms with E-state index in [1.54, 1.807) is 25.1 Å². The lowest BCUT2D eigenvalue weighted by atomic mass is 10.2. The molecule has 0 aliphatic heterocycles. The fraction of sp³-hybridized carbons (Fsp3) is 0.375. The summed E-state index contributed by atoms with van der Waals surface area (Å²) in [6.07, 6.45) is -0.554. The minimum Gasteiger partial charge on any atom is -0.241 e. The smallest absolute Gasteiger partial charge is 0.142 e. The van der Waals surface area contributed by atoms with E-state index >= 15 is 0 Å². The van der Waals surface area contributed by atoms with E-state index in [1.807, 2.05) is 0 Å². The summed E-state index contributed by atoms with van der Waals surface area (Å²) in [5.74, 6) is 0. The van der Waals surface area contributed by atoms with Gasteiger partial charge in [-0.1, -0.05) is 24.6 Å². The largest absolute Gasteiger partial charge is 0.241 e. The van der Waals surface area contributed by atoms with Gasteiger partial charge in [-0.05, 0) is 18.6 Å². The van der Waals surface area contributed by atoms with Gasteiger partial charge in [0.1, 0.15) is 11.3 Å². The third-order valence-electron chi connectivity index (χ3n) is 1.42. The number of halogens is 2. The average molecular weight is 174 g/mol. The molecule has 1 nitrogen and oxygen atoms in total. The summed E-state index contributed by atoms with van der Waals surface area (Å²) < 4.78 is 12.9. The predicted molar refractivity (Wildman–Crippen MR) is 43.4 cm³/mol. The molecule has 0 aliphatic carbocycles. The first-order chi connectivity index (χ1) is 5.24. The van der Waals surface area contributed by atoms with Crippen LogP contribution in [-0.4, -0.2) is 4.98 Å². The summed E-state index contributed by atoms with van der Waals surface area (Å²) in [7, 11) is 0. The molecular formula is C8H9ClFN. The van der Waals surface area contributed by atoms with Crippen molar-refractivity contribution in [3.63, 3.8) is 0 Å². The highest BCUT2D eigenvalue weighted by atomic mass is 35.5. The first kappa shape index (κ1) is 8.47. The maximum absolute atomic E-state index is 12.9. The first-order valence-electron chi connectivity index (χ1n) is 3.50. The van der Waals surface area contributed by atoms with E-state index in [1.165, 1.54) is 0 Å². The van der Waals surface area contributed by atoms with Gasteiger partial charge in [-0.3, -0.25) is 0 Å². The van der Waals surface area contributed by atoms with Crippen molar-refractivity contribution in [2.24, 2.45) is 0 Å². The molecule has 1 aromatic heterocycles. The van der Waals surface area contributed by atoms with Crippen molar-refractivity contribution < 1.29 is 4.39 Å². The van der Waals surface area contributed by atoms with Crippen LogP contribution in [0.4, 0.5) is 4.39 Å². The van der Waals surface area contributed by atoms with Crippen LogP contribution in [0.15, 0.2) is 18.2 Å². The minimum absolute atomic E-state index is 0.346. The van der Waals surface area contributed by atoms with Gasteiger partial charge in [0.15, 0.2) is 0 Å². The first-order valence-corrected chi connectivity index (χ1v) is 3.88. The van der Waals surface area contributed by atoms with Crippen molar-refractivity contribution in [2.75, 3.05) is 0 Å². The number of pyridine rings is 1. The third kappa shape index (κ3) is 2.15. The third-order valence-corrected chi connectivity index (χ3v) is 1.63. The van der Waals surface area contributed by atoms with Gasteiger partial charge in [0.05, 0.1) is 5.69 Å². The Labute approximate surface area is 70.2 Å². The molecule has 1 aromatic rings.